The summed E-state index contributed by atoms with van der Waals surface area (Å²) in [6.45, 7) is 6.06. The van der Waals surface area contributed by atoms with Crippen molar-refractivity contribution in [3.63, 3.8) is 0 Å². The zero-order valence-corrected chi connectivity index (χ0v) is 13.2. The molecule has 5 heteroatoms. The molecule has 0 bridgehead atoms. The van der Waals surface area contributed by atoms with E-state index >= 15 is 0 Å². The average molecular weight is 306 g/mol. The van der Waals surface area contributed by atoms with E-state index in [9.17, 15) is 0 Å². The van der Waals surface area contributed by atoms with Crippen LogP contribution in [-0.2, 0) is 0 Å². The van der Waals surface area contributed by atoms with E-state index in [0.717, 1.165) is 21.4 Å². The van der Waals surface area contributed by atoms with Crippen molar-refractivity contribution in [1.82, 2.24) is 9.97 Å². The minimum atomic E-state index is -0.235. The molecule has 1 heterocycles. The van der Waals surface area contributed by atoms with Crippen molar-refractivity contribution >= 4 is 23.4 Å². The molecule has 3 nitrogen and oxygen atoms in total. The molecule has 0 fully saturated rings. The van der Waals surface area contributed by atoms with Gasteiger partial charge >= 0.3 is 0 Å². The molecule has 2 aromatic rings. The molecule has 1 unspecified atom stereocenters. The lowest BCUT2D eigenvalue weighted by atomic mass is 10.1. The van der Waals surface area contributed by atoms with Gasteiger partial charge in [0.1, 0.15) is 16.8 Å². The monoisotopic (exact) mass is 305 g/mol. The lowest BCUT2D eigenvalue weighted by Gasteiger charge is -2.05. The number of imidazole rings is 1. The first-order chi connectivity index (χ1) is 9.51. The van der Waals surface area contributed by atoms with Gasteiger partial charge < -0.3 is 4.98 Å². The van der Waals surface area contributed by atoms with E-state index in [2.05, 4.69) is 29.9 Å². The summed E-state index contributed by atoms with van der Waals surface area (Å²) in [5, 5.41) is 10.6. The first-order valence-electron chi connectivity index (χ1n) is 6.44. The number of nitriles is 1. The van der Waals surface area contributed by atoms with Crippen LogP contribution in [0, 0.1) is 11.3 Å². The second-order valence-electron chi connectivity index (χ2n) is 4.91. The first-order valence-corrected chi connectivity index (χ1v) is 7.63. The molecule has 1 N–H and O–H groups in total. The van der Waals surface area contributed by atoms with Crippen molar-refractivity contribution in [3.05, 3.63) is 40.8 Å². The van der Waals surface area contributed by atoms with Gasteiger partial charge in [-0.3, -0.25) is 0 Å². The molecule has 1 aromatic heterocycles. The SMILES string of the molecule is CC(C)c1[nH]c(C(C)C#N)nc1Sc1cccc(Cl)c1. The topological polar surface area (TPSA) is 52.5 Å². The Morgan fingerprint density at radius 2 is 2.10 bits per heavy atom. The Labute approximate surface area is 128 Å². The van der Waals surface area contributed by atoms with Gasteiger partial charge in [0, 0.05) is 9.92 Å². The number of nitrogens with zero attached hydrogens (tertiary/aromatic N) is 2. The number of hydrogen-bond donors (Lipinski definition) is 1. The van der Waals surface area contributed by atoms with Crippen molar-refractivity contribution in [2.75, 3.05) is 0 Å². The molecule has 1 aromatic carbocycles. The van der Waals surface area contributed by atoms with Crippen LogP contribution < -0.4 is 0 Å². The Balaban J connectivity index is 2.35. The van der Waals surface area contributed by atoms with E-state index < -0.39 is 0 Å². The second-order valence-corrected chi connectivity index (χ2v) is 6.40. The summed E-state index contributed by atoms with van der Waals surface area (Å²) in [6.07, 6.45) is 0. The number of hydrogen-bond acceptors (Lipinski definition) is 3. The third kappa shape index (κ3) is 3.36. The van der Waals surface area contributed by atoms with Crippen LogP contribution in [0.15, 0.2) is 34.2 Å². The zero-order chi connectivity index (χ0) is 14.7. The smallest absolute Gasteiger partial charge is 0.124 e. The fourth-order valence-electron chi connectivity index (χ4n) is 1.77. The number of rotatable bonds is 4. The molecule has 0 aliphatic rings. The molecular formula is C15H16ClN3S. The van der Waals surface area contributed by atoms with Crippen LogP contribution in [0.2, 0.25) is 5.02 Å². The van der Waals surface area contributed by atoms with Gasteiger partial charge in [-0.2, -0.15) is 5.26 Å². The molecule has 1 atom stereocenters. The van der Waals surface area contributed by atoms with Crippen LogP contribution in [0.3, 0.4) is 0 Å². The van der Waals surface area contributed by atoms with Gasteiger partial charge in [-0.15, -0.1) is 0 Å². The highest BCUT2D eigenvalue weighted by Gasteiger charge is 2.17. The normalized spacial score (nSPS) is 12.4. The summed E-state index contributed by atoms with van der Waals surface area (Å²) < 4.78 is 0. The molecule has 0 spiro atoms. The van der Waals surface area contributed by atoms with Crippen molar-refractivity contribution in [2.24, 2.45) is 0 Å². The van der Waals surface area contributed by atoms with Crippen LogP contribution in [0.1, 0.15) is 44.1 Å². The second kappa shape index (κ2) is 6.34. The van der Waals surface area contributed by atoms with Gasteiger partial charge in [-0.05, 0) is 31.0 Å². The van der Waals surface area contributed by atoms with Gasteiger partial charge in [0.25, 0.3) is 0 Å². The maximum Gasteiger partial charge on any atom is 0.124 e. The fourth-order valence-corrected chi connectivity index (χ4v) is 3.12. The molecule has 0 amide bonds. The molecule has 104 valence electrons. The Morgan fingerprint density at radius 1 is 1.35 bits per heavy atom. The van der Waals surface area contributed by atoms with Crippen molar-refractivity contribution in [2.45, 2.75) is 42.5 Å². The van der Waals surface area contributed by atoms with E-state index in [1.807, 2.05) is 31.2 Å². The lowest BCUT2D eigenvalue weighted by molar-refractivity contribution is 0.798. The molecule has 20 heavy (non-hydrogen) atoms. The van der Waals surface area contributed by atoms with Gasteiger partial charge in [0.15, 0.2) is 0 Å². The highest BCUT2D eigenvalue weighted by molar-refractivity contribution is 7.99. The highest BCUT2D eigenvalue weighted by atomic mass is 35.5. The molecule has 2 rings (SSSR count). The zero-order valence-electron chi connectivity index (χ0n) is 11.6. The van der Waals surface area contributed by atoms with E-state index in [1.165, 1.54) is 0 Å². The quantitative estimate of drug-likeness (QED) is 0.868. The maximum absolute atomic E-state index is 9.02. The van der Waals surface area contributed by atoms with E-state index in [4.69, 9.17) is 16.9 Å². The Bertz CT molecular complexity index is 643. The van der Waals surface area contributed by atoms with Crippen LogP contribution in [0.4, 0.5) is 0 Å². The summed E-state index contributed by atoms with van der Waals surface area (Å²) in [5.74, 6) is 0.811. The highest BCUT2D eigenvalue weighted by Crippen LogP contribution is 2.34. The predicted octanol–water partition coefficient (Wildman–Crippen LogP) is 4.96. The van der Waals surface area contributed by atoms with Crippen LogP contribution >= 0.6 is 23.4 Å². The largest absolute Gasteiger partial charge is 0.344 e. The van der Waals surface area contributed by atoms with E-state index in [1.54, 1.807) is 11.8 Å². The van der Waals surface area contributed by atoms with Crippen molar-refractivity contribution < 1.29 is 0 Å². The first kappa shape index (κ1) is 15.0. The molecule has 0 radical (unpaired) electrons. The third-order valence-corrected chi connectivity index (χ3v) is 4.14. The Hall–Kier alpha value is -1.44. The maximum atomic E-state index is 9.02. The fraction of sp³-hybridized carbons (Fsp3) is 0.333. The number of halogens is 1. The third-order valence-electron chi connectivity index (χ3n) is 2.91. The minimum absolute atomic E-state index is 0.235. The number of H-pyrrole nitrogens is 1. The standard InChI is InChI=1S/C15H16ClN3S/c1-9(2)13-15(19-14(18-13)10(3)8-17)20-12-6-4-5-11(16)7-12/h4-7,9-10H,1-3H3,(H,18,19). The summed E-state index contributed by atoms with van der Waals surface area (Å²) in [5.41, 5.74) is 1.06. The lowest BCUT2D eigenvalue weighted by Crippen LogP contribution is -1.93. The molecule has 0 aliphatic heterocycles. The van der Waals surface area contributed by atoms with Crippen LogP contribution in [0.5, 0.6) is 0 Å². The van der Waals surface area contributed by atoms with Gasteiger partial charge in [-0.1, -0.05) is 43.3 Å². The summed E-state index contributed by atoms with van der Waals surface area (Å²) in [4.78, 5) is 8.89. The summed E-state index contributed by atoms with van der Waals surface area (Å²) in [6, 6.07) is 9.90. The molecule has 0 saturated heterocycles. The van der Waals surface area contributed by atoms with Crippen LogP contribution in [-0.4, -0.2) is 9.97 Å². The Morgan fingerprint density at radius 3 is 2.70 bits per heavy atom. The summed E-state index contributed by atoms with van der Waals surface area (Å²) >= 11 is 7.58. The van der Waals surface area contributed by atoms with E-state index in [0.29, 0.717) is 10.9 Å². The number of aromatic amines is 1. The number of nitrogens with one attached hydrogen (secondary N) is 1. The minimum Gasteiger partial charge on any atom is -0.344 e. The van der Waals surface area contributed by atoms with E-state index in [-0.39, 0.29) is 5.92 Å². The molecule has 0 aliphatic carbocycles. The summed E-state index contributed by atoms with van der Waals surface area (Å²) in [7, 11) is 0. The van der Waals surface area contributed by atoms with Crippen LogP contribution in [0.25, 0.3) is 0 Å². The number of benzene rings is 1. The average Bonchev–Trinajstić information content (AvgIpc) is 2.82. The predicted molar refractivity (Wildman–Crippen MR) is 82.3 cm³/mol. The Kier molecular flexibility index (Phi) is 4.74. The van der Waals surface area contributed by atoms with Crippen molar-refractivity contribution in [3.8, 4) is 6.07 Å². The van der Waals surface area contributed by atoms with Gasteiger partial charge in [-0.25, -0.2) is 4.98 Å². The molecular weight excluding hydrogens is 290 g/mol. The van der Waals surface area contributed by atoms with Gasteiger partial charge in [0.2, 0.25) is 0 Å². The van der Waals surface area contributed by atoms with Gasteiger partial charge in [0.05, 0.1) is 11.8 Å². The van der Waals surface area contributed by atoms with Crippen molar-refractivity contribution in [1.29, 1.82) is 5.26 Å². The molecule has 0 saturated carbocycles. The number of aromatic nitrogens is 2.